The van der Waals surface area contributed by atoms with Gasteiger partial charge in [-0.3, -0.25) is 9.78 Å². The van der Waals surface area contributed by atoms with Crippen molar-refractivity contribution < 1.29 is 27.2 Å². The Hall–Kier alpha value is -2.39. The highest BCUT2D eigenvalue weighted by Crippen LogP contribution is 2.33. The standard InChI is InChI=1S/C19H22F4N4O2/c20-14-8-13(19(21,22)23)9-24-15(14)7-12-2-5-26(6-3-12)17(29)27-10-18(11-27)4-1-16(28)25-18/h8-9,12H,1-7,10-11H2,(H,25,28). The topological polar surface area (TPSA) is 65.5 Å². The number of nitrogens with one attached hydrogen (secondary N) is 1. The number of nitrogens with zero attached hydrogens (tertiary/aromatic N) is 3. The van der Waals surface area contributed by atoms with Gasteiger partial charge in [0.05, 0.1) is 16.8 Å². The molecular formula is C19H22F4N4O2. The fraction of sp³-hybridized carbons (Fsp3) is 0.632. The number of likely N-dealkylation sites (tertiary alicyclic amines) is 2. The minimum atomic E-state index is -4.62. The van der Waals surface area contributed by atoms with Crippen molar-refractivity contribution in [3.05, 3.63) is 29.3 Å². The van der Waals surface area contributed by atoms with Crippen molar-refractivity contribution in [2.24, 2.45) is 5.92 Å². The molecule has 0 unspecified atom stereocenters. The second-order valence-electron chi connectivity index (χ2n) is 8.25. The van der Waals surface area contributed by atoms with Gasteiger partial charge in [-0.15, -0.1) is 0 Å². The Balaban J connectivity index is 1.27. The maximum absolute atomic E-state index is 14.0. The molecule has 1 N–H and O–H groups in total. The number of carbonyl (C=O) groups excluding carboxylic acids is 2. The number of hydrogen-bond donors (Lipinski definition) is 1. The predicted octanol–water partition coefficient (Wildman–Crippen LogP) is 2.58. The lowest BCUT2D eigenvalue weighted by Crippen LogP contribution is -2.70. The summed E-state index contributed by atoms with van der Waals surface area (Å²) in [5.74, 6) is -0.848. The fourth-order valence-electron chi connectivity index (χ4n) is 4.40. The van der Waals surface area contributed by atoms with Crippen molar-refractivity contribution in [2.75, 3.05) is 26.2 Å². The smallest absolute Gasteiger partial charge is 0.347 e. The van der Waals surface area contributed by atoms with Gasteiger partial charge < -0.3 is 15.1 Å². The average Bonchev–Trinajstić information content (AvgIpc) is 3.03. The molecule has 3 fully saturated rings. The lowest BCUT2D eigenvalue weighted by atomic mass is 9.88. The summed E-state index contributed by atoms with van der Waals surface area (Å²) in [5.41, 5.74) is -1.31. The van der Waals surface area contributed by atoms with E-state index in [1.165, 1.54) is 0 Å². The van der Waals surface area contributed by atoms with Crippen LogP contribution < -0.4 is 5.32 Å². The number of piperidine rings is 1. The molecule has 6 nitrogen and oxygen atoms in total. The quantitative estimate of drug-likeness (QED) is 0.757. The van der Waals surface area contributed by atoms with E-state index < -0.39 is 17.6 Å². The van der Waals surface area contributed by atoms with E-state index in [9.17, 15) is 27.2 Å². The average molecular weight is 414 g/mol. The number of carbonyl (C=O) groups is 2. The summed E-state index contributed by atoms with van der Waals surface area (Å²) >= 11 is 0. The van der Waals surface area contributed by atoms with E-state index in [1.54, 1.807) is 9.80 Å². The van der Waals surface area contributed by atoms with Gasteiger partial charge in [-0.25, -0.2) is 9.18 Å². The van der Waals surface area contributed by atoms with Crippen LogP contribution in [-0.4, -0.2) is 58.4 Å². The first-order valence-corrected chi connectivity index (χ1v) is 9.72. The molecule has 1 spiro atoms. The number of aromatic nitrogens is 1. The molecule has 158 valence electrons. The summed E-state index contributed by atoms with van der Waals surface area (Å²) in [7, 11) is 0. The highest BCUT2D eigenvalue weighted by molar-refractivity contribution is 5.82. The molecule has 1 aromatic rings. The Morgan fingerprint density at radius 1 is 1.24 bits per heavy atom. The minimum absolute atomic E-state index is 0.0296. The van der Waals surface area contributed by atoms with Crippen LogP contribution in [-0.2, 0) is 17.4 Å². The number of amides is 3. The van der Waals surface area contributed by atoms with Crippen molar-refractivity contribution in [3.63, 3.8) is 0 Å². The van der Waals surface area contributed by atoms with E-state index in [4.69, 9.17) is 0 Å². The molecule has 10 heteroatoms. The summed E-state index contributed by atoms with van der Waals surface area (Å²) in [5, 5.41) is 2.94. The number of hydrogen-bond acceptors (Lipinski definition) is 3. The predicted molar refractivity (Wildman–Crippen MR) is 94.3 cm³/mol. The number of alkyl halides is 3. The lowest BCUT2D eigenvalue weighted by Gasteiger charge is -2.49. The van der Waals surface area contributed by atoms with Gasteiger partial charge in [0.25, 0.3) is 0 Å². The van der Waals surface area contributed by atoms with Crippen molar-refractivity contribution in [2.45, 2.75) is 43.8 Å². The first-order valence-electron chi connectivity index (χ1n) is 9.72. The highest BCUT2D eigenvalue weighted by atomic mass is 19.4. The zero-order valence-electron chi connectivity index (χ0n) is 15.8. The Morgan fingerprint density at radius 2 is 1.93 bits per heavy atom. The molecule has 4 heterocycles. The van der Waals surface area contributed by atoms with Crippen molar-refractivity contribution in [3.8, 4) is 0 Å². The first kappa shape index (κ1) is 19.9. The molecule has 3 aliphatic heterocycles. The fourth-order valence-corrected chi connectivity index (χ4v) is 4.40. The molecule has 4 rings (SSSR count). The molecule has 3 amide bonds. The van der Waals surface area contributed by atoms with Gasteiger partial charge in [-0.2, -0.15) is 13.2 Å². The number of urea groups is 1. The molecule has 1 aromatic heterocycles. The largest absolute Gasteiger partial charge is 0.417 e. The maximum Gasteiger partial charge on any atom is 0.417 e. The number of halogens is 4. The molecule has 29 heavy (non-hydrogen) atoms. The van der Waals surface area contributed by atoms with Gasteiger partial charge in [-0.1, -0.05) is 0 Å². The van der Waals surface area contributed by atoms with Crippen LogP contribution in [0.3, 0.4) is 0 Å². The zero-order valence-corrected chi connectivity index (χ0v) is 15.8. The van der Waals surface area contributed by atoms with Gasteiger partial charge >= 0.3 is 12.2 Å². The molecule has 0 radical (unpaired) electrons. The van der Waals surface area contributed by atoms with Crippen LogP contribution in [0.1, 0.15) is 36.9 Å². The van der Waals surface area contributed by atoms with Crippen LogP contribution in [0.2, 0.25) is 0 Å². The van der Waals surface area contributed by atoms with E-state index in [2.05, 4.69) is 10.3 Å². The molecule has 3 aliphatic rings. The summed E-state index contributed by atoms with van der Waals surface area (Å²) in [6, 6.07) is 0.428. The van der Waals surface area contributed by atoms with E-state index >= 15 is 0 Å². The van der Waals surface area contributed by atoms with E-state index in [-0.39, 0.29) is 35.5 Å². The SMILES string of the molecule is O=C1CCC2(CN(C(=O)N3CCC(Cc4ncc(C(F)(F)F)cc4F)CC3)C2)N1. The molecule has 0 aromatic carbocycles. The third kappa shape index (κ3) is 4.02. The summed E-state index contributed by atoms with van der Waals surface area (Å²) in [4.78, 5) is 31.2. The van der Waals surface area contributed by atoms with E-state index in [0.717, 1.165) is 6.42 Å². The Kier molecular flexibility index (Phi) is 4.90. The Labute approximate surface area is 165 Å². The molecule has 0 aliphatic carbocycles. The summed E-state index contributed by atoms with van der Waals surface area (Å²) in [6.07, 6.45) is -1.16. The number of rotatable bonds is 2. The van der Waals surface area contributed by atoms with Crippen LogP contribution >= 0.6 is 0 Å². The number of pyridine rings is 1. The van der Waals surface area contributed by atoms with Crippen LogP contribution in [0.5, 0.6) is 0 Å². The van der Waals surface area contributed by atoms with Crippen LogP contribution in [0.4, 0.5) is 22.4 Å². The van der Waals surface area contributed by atoms with Crippen molar-refractivity contribution >= 4 is 11.9 Å². The summed E-state index contributed by atoms with van der Waals surface area (Å²) < 4.78 is 51.9. The van der Waals surface area contributed by atoms with E-state index in [1.807, 2.05) is 0 Å². The lowest BCUT2D eigenvalue weighted by molar-refractivity contribution is -0.138. The molecular weight excluding hydrogens is 392 g/mol. The maximum atomic E-state index is 14.0. The third-order valence-electron chi connectivity index (χ3n) is 6.10. The van der Waals surface area contributed by atoms with E-state index in [0.29, 0.717) is 57.7 Å². The zero-order chi connectivity index (χ0) is 20.8. The molecule has 0 bridgehead atoms. The molecule has 0 atom stereocenters. The Morgan fingerprint density at radius 3 is 2.48 bits per heavy atom. The van der Waals surface area contributed by atoms with Gasteiger partial charge in [0.15, 0.2) is 0 Å². The normalized spacial score (nSPS) is 22.0. The highest BCUT2D eigenvalue weighted by Gasteiger charge is 2.50. The monoisotopic (exact) mass is 414 g/mol. The van der Waals surface area contributed by atoms with Crippen molar-refractivity contribution in [1.29, 1.82) is 0 Å². The van der Waals surface area contributed by atoms with Gasteiger partial charge in [-0.05, 0) is 37.7 Å². The first-order chi connectivity index (χ1) is 13.7. The third-order valence-corrected chi connectivity index (χ3v) is 6.10. The van der Waals surface area contributed by atoms with Crippen LogP contribution in [0.25, 0.3) is 0 Å². The molecule has 0 saturated carbocycles. The van der Waals surface area contributed by atoms with Gasteiger partial charge in [0.1, 0.15) is 5.82 Å². The molecule has 3 saturated heterocycles. The second-order valence-corrected chi connectivity index (χ2v) is 8.25. The van der Waals surface area contributed by atoms with Crippen molar-refractivity contribution in [1.82, 2.24) is 20.1 Å². The van der Waals surface area contributed by atoms with Gasteiger partial charge in [0.2, 0.25) is 5.91 Å². The van der Waals surface area contributed by atoms with Crippen LogP contribution in [0.15, 0.2) is 12.3 Å². The Bertz CT molecular complexity index is 815. The van der Waals surface area contributed by atoms with Crippen LogP contribution in [0, 0.1) is 11.7 Å². The van der Waals surface area contributed by atoms with Gasteiger partial charge in [0, 0.05) is 38.8 Å². The second kappa shape index (κ2) is 7.14. The minimum Gasteiger partial charge on any atom is -0.347 e. The summed E-state index contributed by atoms with van der Waals surface area (Å²) in [6.45, 7) is 2.08.